The lowest BCUT2D eigenvalue weighted by atomic mass is 10.0. The lowest BCUT2D eigenvalue weighted by Gasteiger charge is -2.26. The van der Waals surface area contributed by atoms with Gasteiger partial charge in [-0.1, -0.05) is 6.42 Å². The standard InChI is InChI=1S/C28H33N5O4/c1-18-17-37-27-24(19-8-9-23(30-15-19)36-13-7-12-32-10-5-4-6-11-32)22(35-3)14-20-25(27)26-21(16-29-20)31(2)28(34)33(18)26/h8-9,14-16,18H,4-7,10-13,17H2,1-3H3/t18-/m0/s1. The number of hydrogen-bond acceptors (Lipinski definition) is 7. The molecule has 2 aliphatic heterocycles. The summed E-state index contributed by atoms with van der Waals surface area (Å²) in [4.78, 5) is 24.8. The predicted molar refractivity (Wildman–Crippen MR) is 143 cm³/mol. The topological polar surface area (TPSA) is 83.6 Å². The van der Waals surface area contributed by atoms with Crippen LogP contribution in [0.15, 0.2) is 35.4 Å². The van der Waals surface area contributed by atoms with E-state index in [1.807, 2.05) is 29.7 Å². The van der Waals surface area contributed by atoms with Crippen LogP contribution in [0.25, 0.3) is 33.1 Å². The van der Waals surface area contributed by atoms with E-state index in [0.29, 0.717) is 30.6 Å². The lowest BCUT2D eigenvalue weighted by Crippen LogP contribution is -2.31. The van der Waals surface area contributed by atoms with Gasteiger partial charge in [0, 0.05) is 37.5 Å². The largest absolute Gasteiger partial charge is 0.496 e. The van der Waals surface area contributed by atoms with E-state index in [1.54, 1.807) is 31.1 Å². The van der Waals surface area contributed by atoms with E-state index < -0.39 is 0 Å². The highest BCUT2D eigenvalue weighted by atomic mass is 16.5. The molecule has 0 radical (unpaired) electrons. The Morgan fingerprint density at radius 1 is 1.14 bits per heavy atom. The van der Waals surface area contributed by atoms with Gasteiger partial charge in [0.1, 0.15) is 18.1 Å². The van der Waals surface area contributed by atoms with Crippen LogP contribution in [0.5, 0.6) is 17.4 Å². The number of rotatable bonds is 7. The minimum absolute atomic E-state index is 0.0749. The number of methoxy groups -OCH3 is 1. The number of imidazole rings is 1. The molecule has 1 saturated heterocycles. The second-order valence-electron chi connectivity index (χ2n) is 10.0. The van der Waals surface area contributed by atoms with E-state index in [0.717, 1.165) is 46.0 Å². The first-order valence-electron chi connectivity index (χ1n) is 13.1. The third kappa shape index (κ3) is 4.11. The van der Waals surface area contributed by atoms with Gasteiger partial charge in [-0.25, -0.2) is 9.78 Å². The molecule has 0 saturated carbocycles. The normalized spacial score (nSPS) is 17.8. The highest BCUT2D eigenvalue weighted by Crippen LogP contribution is 2.47. The van der Waals surface area contributed by atoms with Crippen LogP contribution in [-0.4, -0.2) is 64.0 Å². The molecule has 2 aliphatic rings. The molecule has 194 valence electrons. The number of benzene rings is 1. The van der Waals surface area contributed by atoms with Crippen molar-refractivity contribution in [2.24, 2.45) is 7.05 Å². The number of aromatic nitrogens is 4. The van der Waals surface area contributed by atoms with E-state index in [4.69, 9.17) is 14.2 Å². The second-order valence-corrected chi connectivity index (χ2v) is 10.0. The monoisotopic (exact) mass is 503 g/mol. The van der Waals surface area contributed by atoms with Crippen LogP contribution in [0, 0.1) is 0 Å². The highest BCUT2D eigenvalue weighted by molar-refractivity contribution is 6.10. The number of nitrogens with zero attached hydrogens (tertiary/aromatic N) is 5. The van der Waals surface area contributed by atoms with Gasteiger partial charge in [0.2, 0.25) is 5.88 Å². The first-order valence-corrected chi connectivity index (χ1v) is 13.1. The molecule has 3 aromatic heterocycles. The summed E-state index contributed by atoms with van der Waals surface area (Å²) in [6.07, 6.45) is 8.48. The van der Waals surface area contributed by atoms with Crippen molar-refractivity contribution in [2.75, 3.05) is 40.0 Å². The van der Waals surface area contributed by atoms with Crippen molar-refractivity contribution in [2.45, 2.75) is 38.6 Å². The smallest absolute Gasteiger partial charge is 0.329 e. The Morgan fingerprint density at radius 2 is 1.97 bits per heavy atom. The zero-order chi connectivity index (χ0) is 25.5. The Bertz CT molecular complexity index is 1500. The van der Waals surface area contributed by atoms with Gasteiger partial charge in [0.25, 0.3) is 0 Å². The van der Waals surface area contributed by atoms with E-state index >= 15 is 0 Å². The Kier molecular flexibility index (Phi) is 6.24. The van der Waals surface area contributed by atoms with Crippen molar-refractivity contribution in [3.05, 3.63) is 41.1 Å². The zero-order valence-electron chi connectivity index (χ0n) is 21.7. The average Bonchev–Trinajstić information content (AvgIpc) is 3.08. The molecule has 9 nitrogen and oxygen atoms in total. The van der Waals surface area contributed by atoms with E-state index in [-0.39, 0.29) is 11.7 Å². The number of piperidine rings is 1. The molecule has 0 unspecified atom stereocenters. The van der Waals surface area contributed by atoms with Gasteiger partial charge in [-0.15, -0.1) is 0 Å². The van der Waals surface area contributed by atoms with Gasteiger partial charge in [-0.3, -0.25) is 14.1 Å². The first kappa shape index (κ1) is 23.8. The number of likely N-dealkylation sites (tertiary alicyclic amines) is 1. The van der Waals surface area contributed by atoms with E-state index in [2.05, 4.69) is 14.9 Å². The molecule has 0 amide bonds. The summed E-state index contributed by atoms with van der Waals surface area (Å²) in [5.41, 5.74) is 3.91. The molecule has 1 fully saturated rings. The Hall–Kier alpha value is -3.59. The van der Waals surface area contributed by atoms with Crippen LogP contribution in [0.3, 0.4) is 0 Å². The predicted octanol–water partition coefficient (Wildman–Crippen LogP) is 4.17. The van der Waals surface area contributed by atoms with Crippen molar-refractivity contribution in [1.29, 1.82) is 0 Å². The molecule has 1 atom stereocenters. The summed E-state index contributed by atoms with van der Waals surface area (Å²) >= 11 is 0. The van der Waals surface area contributed by atoms with Crippen molar-refractivity contribution in [1.82, 2.24) is 24.0 Å². The van der Waals surface area contributed by atoms with Crippen LogP contribution < -0.4 is 19.9 Å². The molecule has 1 aromatic carbocycles. The summed E-state index contributed by atoms with van der Waals surface area (Å²) < 4.78 is 21.6. The quantitative estimate of drug-likeness (QED) is 0.350. The fourth-order valence-corrected chi connectivity index (χ4v) is 5.65. The van der Waals surface area contributed by atoms with E-state index in [9.17, 15) is 4.79 Å². The number of hydrogen-bond donors (Lipinski definition) is 0. The van der Waals surface area contributed by atoms with E-state index in [1.165, 1.54) is 32.4 Å². The Labute approximate surface area is 215 Å². The first-order chi connectivity index (χ1) is 18.1. The van der Waals surface area contributed by atoms with Crippen LogP contribution in [0.4, 0.5) is 0 Å². The molecule has 0 spiro atoms. The third-order valence-electron chi connectivity index (χ3n) is 7.60. The maximum atomic E-state index is 13.1. The maximum Gasteiger partial charge on any atom is 0.329 e. The molecule has 4 aromatic rings. The second kappa shape index (κ2) is 9.70. The van der Waals surface area contributed by atoms with Gasteiger partial charge in [-0.05, 0) is 45.3 Å². The van der Waals surface area contributed by atoms with Crippen molar-refractivity contribution in [3.63, 3.8) is 0 Å². The van der Waals surface area contributed by atoms with Crippen LogP contribution in [0.1, 0.15) is 38.6 Å². The van der Waals surface area contributed by atoms with Gasteiger partial charge < -0.3 is 19.1 Å². The van der Waals surface area contributed by atoms with Crippen molar-refractivity contribution < 1.29 is 14.2 Å². The minimum atomic E-state index is -0.133. The third-order valence-corrected chi connectivity index (χ3v) is 7.60. The molecular weight excluding hydrogens is 470 g/mol. The van der Waals surface area contributed by atoms with Crippen LogP contribution in [-0.2, 0) is 7.05 Å². The fraction of sp³-hybridized carbons (Fsp3) is 0.464. The number of aryl methyl sites for hydroxylation is 1. The van der Waals surface area contributed by atoms with Gasteiger partial charge in [-0.2, -0.15) is 0 Å². The lowest BCUT2D eigenvalue weighted by molar-refractivity contribution is 0.203. The molecule has 0 aliphatic carbocycles. The zero-order valence-corrected chi connectivity index (χ0v) is 21.7. The van der Waals surface area contributed by atoms with Crippen molar-refractivity contribution in [3.8, 4) is 28.5 Å². The van der Waals surface area contributed by atoms with Crippen LogP contribution in [0.2, 0.25) is 0 Å². The minimum Gasteiger partial charge on any atom is -0.496 e. The molecule has 0 bridgehead atoms. The summed E-state index contributed by atoms with van der Waals surface area (Å²) in [5.74, 6) is 1.90. The molecule has 5 heterocycles. The summed E-state index contributed by atoms with van der Waals surface area (Å²) in [6.45, 7) is 6.46. The summed E-state index contributed by atoms with van der Waals surface area (Å²) in [5, 5.41) is 0.813. The van der Waals surface area contributed by atoms with Crippen molar-refractivity contribution >= 4 is 21.9 Å². The summed E-state index contributed by atoms with van der Waals surface area (Å²) in [6, 6.07) is 5.64. The van der Waals surface area contributed by atoms with Crippen LogP contribution >= 0.6 is 0 Å². The molecular formula is C28H33N5O4. The Balaban J connectivity index is 1.34. The SMILES string of the molecule is COc1cc2ncc3c4c2c(c1-c1ccc(OCCCN2CCCCC2)nc1)OC[C@H](C)n4c(=O)n3C. The molecule has 0 N–H and O–H groups in total. The molecule has 6 rings (SSSR count). The number of pyridine rings is 2. The van der Waals surface area contributed by atoms with Gasteiger partial charge >= 0.3 is 5.69 Å². The van der Waals surface area contributed by atoms with Gasteiger partial charge in [0.15, 0.2) is 0 Å². The maximum absolute atomic E-state index is 13.1. The number of ether oxygens (including phenoxy) is 3. The highest BCUT2D eigenvalue weighted by Gasteiger charge is 2.28. The average molecular weight is 504 g/mol. The molecule has 9 heteroatoms. The summed E-state index contributed by atoms with van der Waals surface area (Å²) in [7, 11) is 3.42. The Morgan fingerprint density at radius 3 is 2.73 bits per heavy atom. The van der Waals surface area contributed by atoms with Gasteiger partial charge in [0.05, 0.1) is 53.5 Å². The molecule has 37 heavy (non-hydrogen) atoms. The fourth-order valence-electron chi connectivity index (χ4n) is 5.65.